The Morgan fingerprint density at radius 1 is 1.06 bits per heavy atom. The summed E-state index contributed by atoms with van der Waals surface area (Å²) in [5.74, 6) is -1.23. The zero-order valence-corrected chi connectivity index (χ0v) is 17.1. The number of ether oxygens (including phenoxy) is 1. The summed E-state index contributed by atoms with van der Waals surface area (Å²) in [6, 6.07) is 11.4. The lowest BCUT2D eigenvalue weighted by Gasteiger charge is -2.16. The van der Waals surface area contributed by atoms with E-state index >= 15 is 0 Å². The zero-order valence-electron chi connectivity index (χ0n) is 17.1. The third-order valence-corrected chi connectivity index (χ3v) is 4.64. The molecule has 0 radical (unpaired) electrons. The smallest absolute Gasteiger partial charge is 0.416 e. The van der Waals surface area contributed by atoms with Gasteiger partial charge in [0.25, 0.3) is 5.91 Å². The lowest BCUT2D eigenvalue weighted by Crippen LogP contribution is -2.25. The number of hydrogen-bond donors (Lipinski definition) is 1. The molecule has 6 nitrogen and oxygen atoms in total. The third kappa shape index (κ3) is 4.93. The molecular weight excluding hydrogens is 411 g/mol. The molecule has 0 aliphatic carbocycles. The largest absolute Gasteiger partial charge is 0.465 e. The number of benzene rings is 2. The number of esters is 1. The fraction of sp³-hybridized carbons (Fsp3) is 0.227. The Balaban J connectivity index is 1.85. The Kier molecular flexibility index (Phi) is 6.14. The van der Waals surface area contributed by atoms with Crippen LogP contribution in [-0.2, 0) is 17.5 Å². The van der Waals surface area contributed by atoms with Crippen molar-refractivity contribution in [2.75, 3.05) is 7.11 Å². The average molecular weight is 431 g/mol. The molecule has 1 heterocycles. The molecule has 0 fully saturated rings. The number of rotatable bonds is 5. The van der Waals surface area contributed by atoms with Crippen LogP contribution in [0.4, 0.5) is 13.2 Å². The number of hydrogen-bond acceptors (Lipinski definition) is 4. The molecule has 162 valence electrons. The minimum absolute atomic E-state index is 0.0877. The van der Waals surface area contributed by atoms with E-state index in [2.05, 4.69) is 15.2 Å². The highest BCUT2D eigenvalue weighted by Gasteiger charge is 2.34. The SMILES string of the molecule is COC(=O)c1cccc(C(=O)NCc2ccc(-n3nc(C)cc3C)cc2C(F)(F)F)c1. The van der Waals surface area contributed by atoms with Gasteiger partial charge in [0.1, 0.15) is 0 Å². The molecule has 0 atom stereocenters. The molecule has 0 spiro atoms. The van der Waals surface area contributed by atoms with Gasteiger partial charge in [-0.1, -0.05) is 12.1 Å². The number of methoxy groups -OCH3 is 1. The van der Waals surface area contributed by atoms with Gasteiger partial charge in [0.05, 0.1) is 29.6 Å². The summed E-state index contributed by atoms with van der Waals surface area (Å²) in [5.41, 5.74) is 1.03. The number of amides is 1. The highest BCUT2D eigenvalue weighted by atomic mass is 19.4. The van der Waals surface area contributed by atoms with Crippen molar-refractivity contribution in [2.45, 2.75) is 26.6 Å². The number of carbonyl (C=O) groups excluding carboxylic acids is 2. The van der Waals surface area contributed by atoms with Crippen LogP contribution in [0.25, 0.3) is 5.69 Å². The van der Waals surface area contributed by atoms with E-state index in [9.17, 15) is 22.8 Å². The summed E-state index contributed by atoms with van der Waals surface area (Å²) in [6.45, 7) is 3.17. The van der Waals surface area contributed by atoms with E-state index in [0.29, 0.717) is 11.4 Å². The standard InChI is InChI=1S/C22H20F3N3O3/c1-13-9-14(2)28(27-13)18-8-7-17(19(11-18)22(23,24)25)12-26-20(29)15-5-4-6-16(10-15)21(30)31-3/h4-11H,12H2,1-3H3,(H,26,29). The maximum atomic E-state index is 13.7. The van der Waals surface area contributed by atoms with Crippen LogP contribution in [0.5, 0.6) is 0 Å². The molecule has 0 saturated heterocycles. The van der Waals surface area contributed by atoms with Gasteiger partial charge in [-0.15, -0.1) is 0 Å². The molecule has 3 rings (SSSR count). The molecular formula is C22H20F3N3O3. The van der Waals surface area contributed by atoms with E-state index in [-0.39, 0.29) is 28.9 Å². The van der Waals surface area contributed by atoms with Crippen molar-refractivity contribution in [3.63, 3.8) is 0 Å². The summed E-state index contributed by atoms with van der Waals surface area (Å²) in [4.78, 5) is 24.0. The molecule has 9 heteroatoms. The quantitative estimate of drug-likeness (QED) is 0.614. The van der Waals surface area contributed by atoms with Crippen molar-refractivity contribution in [1.82, 2.24) is 15.1 Å². The molecule has 0 bridgehead atoms. The number of carbonyl (C=O) groups is 2. The first-order chi connectivity index (χ1) is 14.6. The van der Waals surface area contributed by atoms with E-state index < -0.39 is 23.6 Å². The molecule has 0 saturated carbocycles. The van der Waals surface area contributed by atoms with Crippen molar-refractivity contribution in [1.29, 1.82) is 0 Å². The summed E-state index contributed by atoms with van der Waals surface area (Å²) in [7, 11) is 1.21. The maximum Gasteiger partial charge on any atom is 0.416 e. The van der Waals surface area contributed by atoms with Crippen LogP contribution in [0, 0.1) is 13.8 Å². The Morgan fingerprint density at radius 2 is 1.77 bits per heavy atom. The highest BCUT2D eigenvalue weighted by molar-refractivity contribution is 5.97. The average Bonchev–Trinajstić information content (AvgIpc) is 3.08. The van der Waals surface area contributed by atoms with Gasteiger partial charge in [-0.2, -0.15) is 18.3 Å². The number of aryl methyl sites for hydroxylation is 2. The first-order valence-electron chi connectivity index (χ1n) is 9.30. The van der Waals surface area contributed by atoms with Gasteiger partial charge < -0.3 is 10.1 Å². The van der Waals surface area contributed by atoms with Crippen LogP contribution in [0.3, 0.4) is 0 Å². The predicted octanol–water partition coefficient (Wildman–Crippen LogP) is 4.22. The van der Waals surface area contributed by atoms with Crippen LogP contribution >= 0.6 is 0 Å². The molecule has 0 aliphatic heterocycles. The van der Waals surface area contributed by atoms with Crippen molar-refractivity contribution >= 4 is 11.9 Å². The molecule has 1 amide bonds. The topological polar surface area (TPSA) is 73.2 Å². The highest BCUT2D eigenvalue weighted by Crippen LogP contribution is 2.33. The number of alkyl halides is 3. The number of nitrogens with zero attached hydrogens (tertiary/aromatic N) is 2. The van der Waals surface area contributed by atoms with E-state index in [1.165, 1.54) is 48.2 Å². The fourth-order valence-electron chi connectivity index (χ4n) is 3.19. The minimum atomic E-state index is -4.61. The Bertz CT molecular complexity index is 1140. The third-order valence-electron chi connectivity index (χ3n) is 4.64. The minimum Gasteiger partial charge on any atom is -0.465 e. The fourth-order valence-corrected chi connectivity index (χ4v) is 3.19. The normalized spacial score (nSPS) is 11.3. The number of aromatic nitrogens is 2. The maximum absolute atomic E-state index is 13.7. The Labute approximate surface area is 176 Å². The molecule has 1 aromatic heterocycles. The lowest BCUT2D eigenvalue weighted by molar-refractivity contribution is -0.138. The Hall–Kier alpha value is -3.62. The number of halogens is 3. The van der Waals surface area contributed by atoms with E-state index in [0.717, 1.165) is 6.07 Å². The van der Waals surface area contributed by atoms with Crippen molar-refractivity contribution in [3.8, 4) is 5.69 Å². The van der Waals surface area contributed by atoms with Crippen molar-refractivity contribution in [2.24, 2.45) is 0 Å². The molecule has 2 aromatic carbocycles. The van der Waals surface area contributed by atoms with Gasteiger partial charge >= 0.3 is 12.1 Å². The van der Waals surface area contributed by atoms with Gasteiger partial charge in [-0.05, 0) is 55.8 Å². The molecule has 3 aromatic rings. The summed E-state index contributed by atoms with van der Waals surface area (Å²) >= 11 is 0. The van der Waals surface area contributed by atoms with E-state index in [1.54, 1.807) is 19.9 Å². The Morgan fingerprint density at radius 3 is 2.39 bits per heavy atom. The first-order valence-corrected chi connectivity index (χ1v) is 9.30. The second-order valence-corrected chi connectivity index (χ2v) is 6.93. The van der Waals surface area contributed by atoms with Crippen molar-refractivity contribution < 1.29 is 27.5 Å². The monoisotopic (exact) mass is 431 g/mol. The van der Waals surface area contributed by atoms with Gasteiger partial charge in [0.15, 0.2) is 0 Å². The van der Waals surface area contributed by atoms with Gasteiger partial charge in [-0.25, -0.2) is 9.48 Å². The van der Waals surface area contributed by atoms with Crippen LogP contribution < -0.4 is 5.32 Å². The molecule has 31 heavy (non-hydrogen) atoms. The molecule has 0 unspecified atom stereocenters. The van der Waals surface area contributed by atoms with Crippen LogP contribution in [-0.4, -0.2) is 28.8 Å². The van der Waals surface area contributed by atoms with E-state index in [4.69, 9.17) is 0 Å². The van der Waals surface area contributed by atoms with Gasteiger partial charge in [0.2, 0.25) is 0 Å². The predicted molar refractivity (Wildman–Crippen MR) is 107 cm³/mol. The van der Waals surface area contributed by atoms with Crippen LogP contribution in [0.15, 0.2) is 48.5 Å². The second-order valence-electron chi connectivity index (χ2n) is 6.93. The zero-order chi connectivity index (χ0) is 22.8. The van der Waals surface area contributed by atoms with E-state index in [1.807, 2.05) is 0 Å². The summed E-state index contributed by atoms with van der Waals surface area (Å²) in [6.07, 6.45) is -4.61. The van der Waals surface area contributed by atoms with Crippen LogP contribution in [0.1, 0.15) is 43.2 Å². The summed E-state index contributed by atoms with van der Waals surface area (Å²) < 4.78 is 47.1. The van der Waals surface area contributed by atoms with Crippen LogP contribution in [0.2, 0.25) is 0 Å². The van der Waals surface area contributed by atoms with Gasteiger partial charge in [-0.3, -0.25) is 4.79 Å². The van der Waals surface area contributed by atoms with Gasteiger partial charge in [0, 0.05) is 17.8 Å². The molecule has 0 aliphatic rings. The number of nitrogens with one attached hydrogen (secondary N) is 1. The van der Waals surface area contributed by atoms with Crippen molar-refractivity contribution in [3.05, 3.63) is 82.2 Å². The lowest BCUT2D eigenvalue weighted by atomic mass is 10.1. The summed E-state index contributed by atoms with van der Waals surface area (Å²) in [5, 5.41) is 6.69. The first kappa shape index (κ1) is 22.1. The second kappa shape index (κ2) is 8.63. The molecule has 1 N–H and O–H groups in total.